The van der Waals surface area contributed by atoms with Crippen molar-refractivity contribution in [2.45, 2.75) is 32.2 Å². The predicted octanol–water partition coefficient (Wildman–Crippen LogP) is 4.67. The first-order chi connectivity index (χ1) is 14.2. The van der Waals surface area contributed by atoms with Crippen LogP contribution in [0.5, 0.6) is 11.5 Å². The molecule has 2 aromatic carbocycles. The van der Waals surface area contributed by atoms with E-state index >= 15 is 0 Å². The summed E-state index contributed by atoms with van der Waals surface area (Å²) in [5.41, 5.74) is 4.45. The Kier molecular flexibility index (Phi) is 6.00. The van der Waals surface area contributed by atoms with Crippen LogP contribution in [-0.4, -0.2) is 38.0 Å². The second-order valence-corrected chi connectivity index (χ2v) is 8.07. The summed E-state index contributed by atoms with van der Waals surface area (Å²) in [6.45, 7) is 3.25. The molecule has 1 fully saturated rings. The maximum absolute atomic E-state index is 12.7. The third kappa shape index (κ3) is 4.54. The summed E-state index contributed by atoms with van der Waals surface area (Å²) in [6, 6.07) is 14.5. The van der Waals surface area contributed by atoms with Crippen LogP contribution in [0.1, 0.15) is 40.7 Å². The number of carbonyl (C=O) groups is 1. The van der Waals surface area contributed by atoms with Crippen molar-refractivity contribution in [1.29, 1.82) is 0 Å². The minimum absolute atomic E-state index is 0.181. The molecule has 1 heterocycles. The molecule has 4 rings (SSSR count). The monoisotopic (exact) mass is 391 g/mol. The molecule has 1 aliphatic carbocycles. The zero-order chi connectivity index (χ0) is 20.2. The largest absolute Gasteiger partial charge is 0.493 e. The fourth-order valence-corrected chi connectivity index (χ4v) is 4.51. The number of allylic oxidation sites excluding steroid dienone is 2. The van der Waals surface area contributed by atoms with E-state index in [1.165, 1.54) is 11.1 Å². The first kappa shape index (κ1) is 19.7. The Balaban J connectivity index is 1.41. The van der Waals surface area contributed by atoms with Crippen LogP contribution in [0.4, 0.5) is 0 Å². The van der Waals surface area contributed by atoms with Crippen LogP contribution in [0.25, 0.3) is 0 Å². The van der Waals surface area contributed by atoms with E-state index in [1.807, 2.05) is 12.1 Å². The minimum atomic E-state index is 0.181. The quantitative estimate of drug-likeness (QED) is 0.694. The molecule has 2 aromatic rings. The molecule has 0 bridgehead atoms. The number of piperidine rings is 1. The van der Waals surface area contributed by atoms with Gasteiger partial charge in [0.25, 0.3) is 0 Å². The van der Waals surface area contributed by atoms with Crippen molar-refractivity contribution in [3.8, 4) is 11.5 Å². The van der Waals surface area contributed by atoms with Crippen molar-refractivity contribution >= 4 is 5.78 Å². The number of rotatable bonds is 5. The number of benzene rings is 2. The van der Waals surface area contributed by atoms with Gasteiger partial charge < -0.3 is 9.47 Å². The number of carbonyl (C=O) groups excluding carboxylic acids is 1. The van der Waals surface area contributed by atoms with Gasteiger partial charge in [-0.2, -0.15) is 0 Å². The molecule has 0 N–H and O–H groups in total. The Morgan fingerprint density at radius 3 is 2.38 bits per heavy atom. The van der Waals surface area contributed by atoms with E-state index in [1.54, 1.807) is 14.2 Å². The Labute approximate surface area is 173 Å². The Morgan fingerprint density at radius 1 is 1.00 bits per heavy atom. The van der Waals surface area contributed by atoms with Gasteiger partial charge in [-0.15, -0.1) is 0 Å². The van der Waals surface area contributed by atoms with E-state index in [-0.39, 0.29) is 5.78 Å². The second-order valence-electron chi connectivity index (χ2n) is 8.07. The molecule has 0 amide bonds. The Morgan fingerprint density at radius 2 is 1.69 bits per heavy atom. The lowest BCUT2D eigenvalue weighted by Crippen LogP contribution is -2.32. The van der Waals surface area contributed by atoms with Gasteiger partial charge in [-0.05, 0) is 61.5 Å². The summed E-state index contributed by atoms with van der Waals surface area (Å²) in [6.07, 6.45) is 6.03. The van der Waals surface area contributed by atoms with Gasteiger partial charge in [-0.1, -0.05) is 42.0 Å². The molecule has 1 saturated heterocycles. The molecule has 0 aromatic heterocycles. The van der Waals surface area contributed by atoms with E-state index in [0.717, 1.165) is 50.0 Å². The average Bonchev–Trinajstić information content (AvgIpc) is 2.75. The highest BCUT2D eigenvalue weighted by Gasteiger charge is 2.25. The topological polar surface area (TPSA) is 38.8 Å². The molecular weight excluding hydrogens is 362 g/mol. The first-order valence-electron chi connectivity index (χ1n) is 10.4. The molecule has 2 aliphatic rings. The highest BCUT2D eigenvalue weighted by atomic mass is 16.5. The number of hydrogen-bond donors (Lipinski definition) is 0. The van der Waals surface area contributed by atoms with Gasteiger partial charge in [-0.3, -0.25) is 9.69 Å². The lowest BCUT2D eigenvalue weighted by molar-refractivity contribution is 0.0986. The number of methoxy groups -OCH3 is 2. The van der Waals surface area contributed by atoms with Crippen LogP contribution < -0.4 is 9.47 Å². The van der Waals surface area contributed by atoms with Crippen LogP contribution in [-0.2, 0) is 13.0 Å². The van der Waals surface area contributed by atoms with Crippen molar-refractivity contribution < 1.29 is 14.3 Å². The summed E-state index contributed by atoms with van der Waals surface area (Å²) < 4.78 is 10.8. The minimum Gasteiger partial charge on any atom is -0.493 e. The van der Waals surface area contributed by atoms with Crippen LogP contribution in [0, 0.1) is 5.92 Å². The van der Waals surface area contributed by atoms with E-state index in [9.17, 15) is 4.79 Å². The third-order valence-electron chi connectivity index (χ3n) is 6.07. The molecule has 4 heteroatoms. The summed E-state index contributed by atoms with van der Waals surface area (Å²) in [5.74, 6) is 2.05. The van der Waals surface area contributed by atoms with Gasteiger partial charge in [0.15, 0.2) is 17.3 Å². The molecule has 0 unspecified atom stereocenters. The maximum Gasteiger partial charge on any atom is 0.167 e. The normalized spacial score (nSPS) is 19.2. The molecule has 0 atom stereocenters. The van der Waals surface area contributed by atoms with Crippen molar-refractivity contribution in [2.75, 3.05) is 27.3 Å². The fourth-order valence-electron chi connectivity index (χ4n) is 4.51. The molecule has 29 heavy (non-hydrogen) atoms. The highest BCUT2D eigenvalue weighted by molar-refractivity contribution is 6.01. The van der Waals surface area contributed by atoms with Crippen LogP contribution in [0.2, 0.25) is 0 Å². The van der Waals surface area contributed by atoms with Gasteiger partial charge in [0, 0.05) is 18.5 Å². The van der Waals surface area contributed by atoms with Crippen molar-refractivity contribution in [3.63, 3.8) is 0 Å². The van der Waals surface area contributed by atoms with E-state index < -0.39 is 0 Å². The smallest absolute Gasteiger partial charge is 0.167 e. The molecular formula is C25H29NO3. The SMILES string of the molecule is COc1cc2c(cc1OC)C(=O)C/C(=C/C1CCN(Cc3ccccc3)CC1)C2. The molecule has 152 valence electrons. The second kappa shape index (κ2) is 8.83. The Bertz CT molecular complexity index is 896. The molecule has 4 nitrogen and oxygen atoms in total. The Hall–Kier alpha value is -2.59. The standard InChI is InChI=1S/C25H29NO3/c1-28-24-15-21-13-20(14-23(27)22(21)16-25(24)29-2)12-18-8-10-26(11-9-18)17-19-6-4-3-5-7-19/h3-7,12,15-16,18H,8-11,13-14,17H2,1-2H3/b20-12+. The number of hydrogen-bond acceptors (Lipinski definition) is 4. The molecule has 0 saturated carbocycles. The van der Waals surface area contributed by atoms with Gasteiger partial charge in [-0.25, -0.2) is 0 Å². The fraction of sp³-hybridized carbons (Fsp3) is 0.400. The summed E-state index contributed by atoms with van der Waals surface area (Å²) >= 11 is 0. The van der Waals surface area contributed by atoms with E-state index in [2.05, 4.69) is 41.3 Å². The molecule has 0 radical (unpaired) electrons. The van der Waals surface area contributed by atoms with Crippen LogP contribution in [0.3, 0.4) is 0 Å². The zero-order valence-electron chi connectivity index (χ0n) is 17.3. The number of fused-ring (bicyclic) bond motifs is 1. The van der Waals surface area contributed by atoms with Crippen molar-refractivity contribution in [1.82, 2.24) is 4.90 Å². The number of likely N-dealkylation sites (tertiary alicyclic amines) is 1. The average molecular weight is 392 g/mol. The predicted molar refractivity (Wildman–Crippen MR) is 115 cm³/mol. The van der Waals surface area contributed by atoms with Gasteiger partial charge in [0.1, 0.15) is 0 Å². The summed E-state index contributed by atoms with van der Waals surface area (Å²) in [7, 11) is 3.24. The third-order valence-corrected chi connectivity index (χ3v) is 6.07. The number of ether oxygens (including phenoxy) is 2. The van der Waals surface area contributed by atoms with E-state index in [0.29, 0.717) is 23.8 Å². The van der Waals surface area contributed by atoms with E-state index in [4.69, 9.17) is 9.47 Å². The number of ketones is 1. The number of Topliss-reactive ketones (excluding diaryl/α,β-unsaturated/α-hetero) is 1. The maximum atomic E-state index is 12.7. The first-order valence-corrected chi connectivity index (χ1v) is 10.4. The summed E-state index contributed by atoms with van der Waals surface area (Å²) in [4.78, 5) is 15.2. The van der Waals surface area contributed by atoms with Crippen LogP contribution >= 0.6 is 0 Å². The number of nitrogens with zero attached hydrogens (tertiary/aromatic N) is 1. The lowest BCUT2D eigenvalue weighted by Gasteiger charge is -2.31. The van der Waals surface area contributed by atoms with Gasteiger partial charge in [0.2, 0.25) is 0 Å². The molecule has 1 aliphatic heterocycles. The van der Waals surface area contributed by atoms with Gasteiger partial charge in [0.05, 0.1) is 14.2 Å². The lowest BCUT2D eigenvalue weighted by atomic mass is 9.83. The van der Waals surface area contributed by atoms with Crippen LogP contribution in [0.15, 0.2) is 54.1 Å². The van der Waals surface area contributed by atoms with Gasteiger partial charge >= 0.3 is 0 Å². The van der Waals surface area contributed by atoms with Crippen molar-refractivity contribution in [3.05, 3.63) is 70.8 Å². The van der Waals surface area contributed by atoms with Crippen molar-refractivity contribution in [2.24, 2.45) is 5.92 Å². The highest BCUT2D eigenvalue weighted by Crippen LogP contribution is 2.36. The molecule has 0 spiro atoms. The summed E-state index contributed by atoms with van der Waals surface area (Å²) in [5, 5.41) is 0. The zero-order valence-corrected chi connectivity index (χ0v) is 17.3.